The molecule has 0 aromatic heterocycles. The minimum Gasteiger partial charge on any atom is -0.480 e. The smallest absolute Gasteiger partial charge is 0.472 e. The summed E-state index contributed by atoms with van der Waals surface area (Å²) in [5.74, 6) is -2.36. The Morgan fingerprint density at radius 1 is 0.485 bits per heavy atom. The summed E-state index contributed by atoms with van der Waals surface area (Å²) in [7, 11) is -4.76. The molecule has 1 amide bonds. The molecule has 11 nitrogen and oxygen atoms in total. The summed E-state index contributed by atoms with van der Waals surface area (Å²) in [6, 6.07) is -1.55. The third-order valence-corrected chi connectivity index (χ3v) is 12.9. The minimum absolute atomic E-state index is 0.142. The van der Waals surface area contributed by atoms with Gasteiger partial charge in [-0.1, -0.05) is 230 Å². The lowest BCUT2D eigenvalue weighted by molar-refractivity contribution is -0.147. The number of nitrogens with one attached hydrogen (secondary N) is 1. The average molecular weight is 954 g/mol. The zero-order chi connectivity index (χ0) is 48.4. The molecule has 12 heteroatoms. The molecule has 3 unspecified atom stereocenters. The van der Waals surface area contributed by atoms with Crippen molar-refractivity contribution < 1.29 is 47.8 Å². The van der Waals surface area contributed by atoms with E-state index in [1.165, 1.54) is 154 Å². The van der Waals surface area contributed by atoms with Crippen molar-refractivity contribution in [3.05, 3.63) is 36.5 Å². The standard InChI is InChI=1S/C54H100NO10P/c1-3-5-7-9-11-13-15-17-19-21-23-24-25-26-28-29-31-33-35-37-39-41-43-45-52(57)55-51(54(59)60)49-65-66(61,62)64-48-50(56)47-63-53(58)46-44-42-40-38-36-34-32-30-27-22-20-18-16-14-12-10-8-6-4-2/h11,13,17,19,23-24,50-51,56H,3-10,12,14-16,18,20-22,25-49H2,1-2H3,(H,55,57)(H,59,60)(H,61,62)/b13-11-,19-17-,24-23-. The van der Waals surface area contributed by atoms with Gasteiger partial charge >= 0.3 is 19.8 Å². The first kappa shape index (κ1) is 63.7. The number of unbranched alkanes of at least 4 members (excludes halogenated alkanes) is 31. The van der Waals surface area contributed by atoms with Gasteiger partial charge in [-0.3, -0.25) is 18.6 Å². The lowest BCUT2D eigenvalue weighted by atomic mass is 10.0. The molecule has 0 aromatic rings. The number of esters is 1. The second kappa shape index (κ2) is 49.1. The Hall–Kier alpha value is -2.30. The monoisotopic (exact) mass is 954 g/mol. The van der Waals surface area contributed by atoms with E-state index in [1.54, 1.807) is 0 Å². The maximum atomic E-state index is 12.4. The normalized spacial score (nSPS) is 13.8. The van der Waals surface area contributed by atoms with Crippen LogP contribution in [-0.2, 0) is 32.7 Å². The molecule has 0 saturated carbocycles. The van der Waals surface area contributed by atoms with Gasteiger partial charge in [0.1, 0.15) is 12.7 Å². The molecule has 0 radical (unpaired) electrons. The Labute approximate surface area is 403 Å². The molecule has 0 fully saturated rings. The number of phosphoric acid groups is 1. The Morgan fingerprint density at radius 3 is 1.27 bits per heavy atom. The van der Waals surface area contributed by atoms with E-state index in [0.29, 0.717) is 12.8 Å². The number of carbonyl (C=O) groups is 3. The van der Waals surface area contributed by atoms with Gasteiger partial charge in [0.15, 0.2) is 6.04 Å². The first-order valence-corrected chi connectivity index (χ1v) is 28.5. The van der Waals surface area contributed by atoms with Gasteiger partial charge in [0.2, 0.25) is 5.91 Å². The number of phosphoric ester groups is 1. The Kier molecular flexibility index (Phi) is 47.4. The molecule has 0 heterocycles. The van der Waals surface area contributed by atoms with Crippen LogP contribution in [0.1, 0.15) is 258 Å². The zero-order valence-corrected chi connectivity index (χ0v) is 43.2. The number of aliphatic hydroxyl groups is 1. The molecule has 0 aliphatic rings. The molecule has 0 spiro atoms. The molecular weight excluding hydrogens is 854 g/mol. The van der Waals surface area contributed by atoms with Crippen LogP contribution in [0.25, 0.3) is 0 Å². The van der Waals surface area contributed by atoms with E-state index in [4.69, 9.17) is 13.8 Å². The highest BCUT2D eigenvalue weighted by atomic mass is 31.2. The average Bonchev–Trinajstić information content (AvgIpc) is 3.29. The number of amides is 1. The van der Waals surface area contributed by atoms with Crippen LogP contribution in [0.3, 0.4) is 0 Å². The second-order valence-electron chi connectivity index (χ2n) is 18.4. The fraction of sp³-hybridized carbons (Fsp3) is 0.833. The molecule has 3 atom stereocenters. The van der Waals surface area contributed by atoms with Crippen molar-refractivity contribution in [2.75, 3.05) is 19.8 Å². The van der Waals surface area contributed by atoms with Crippen LogP contribution < -0.4 is 5.32 Å². The Balaban J connectivity index is 3.80. The van der Waals surface area contributed by atoms with Crippen LogP contribution in [0.2, 0.25) is 0 Å². The van der Waals surface area contributed by atoms with E-state index < -0.39 is 57.6 Å². The van der Waals surface area contributed by atoms with Crippen molar-refractivity contribution in [3.8, 4) is 0 Å². The van der Waals surface area contributed by atoms with E-state index in [-0.39, 0.29) is 12.8 Å². The first-order valence-electron chi connectivity index (χ1n) is 27.0. The predicted molar refractivity (Wildman–Crippen MR) is 272 cm³/mol. The molecule has 4 N–H and O–H groups in total. The van der Waals surface area contributed by atoms with Crippen LogP contribution in [0.15, 0.2) is 36.5 Å². The number of carboxylic acids is 1. The van der Waals surface area contributed by atoms with Gasteiger partial charge in [-0.15, -0.1) is 0 Å². The van der Waals surface area contributed by atoms with Crippen LogP contribution in [0, 0.1) is 0 Å². The number of hydrogen-bond acceptors (Lipinski definition) is 8. The zero-order valence-electron chi connectivity index (χ0n) is 42.3. The van der Waals surface area contributed by atoms with Crippen LogP contribution >= 0.6 is 7.82 Å². The van der Waals surface area contributed by atoms with Crippen LogP contribution in [-0.4, -0.2) is 64.9 Å². The maximum Gasteiger partial charge on any atom is 0.472 e. The van der Waals surface area contributed by atoms with Crippen molar-refractivity contribution in [1.82, 2.24) is 5.32 Å². The molecule has 0 aliphatic carbocycles. The van der Waals surface area contributed by atoms with E-state index in [1.807, 2.05) is 0 Å². The van der Waals surface area contributed by atoms with Crippen molar-refractivity contribution >= 4 is 25.7 Å². The SMILES string of the molecule is CCCCC/C=C\C/C=C\C/C=C\CCCCCCCCCCCCC(=O)NC(COP(=O)(O)OCC(O)COC(=O)CCCCCCCCCCCCCCCCCCCCC)C(=O)O. The largest absolute Gasteiger partial charge is 0.480 e. The highest BCUT2D eigenvalue weighted by molar-refractivity contribution is 7.47. The lowest BCUT2D eigenvalue weighted by Gasteiger charge is -2.18. The van der Waals surface area contributed by atoms with Crippen molar-refractivity contribution in [1.29, 1.82) is 0 Å². The van der Waals surface area contributed by atoms with E-state index in [0.717, 1.165) is 64.2 Å². The highest BCUT2D eigenvalue weighted by Crippen LogP contribution is 2.43. The second-order valence-corrected chi connectivity index (χ2v) is 19.9. The van der Waals surface area contributed by atoms with Gasteiger partial charge in [-0.2, -0.15) is 0 Å². The number of rotatable bonds is 51. The number of allylic oxidation sites excluding steroid dienone is 6. The van der Waals surface area contributed by atoms with E-state index in [2.05, 4.69) is 55.6 Å². The fourth-order valence-corrected chi connectivity index (χ4v) is 8.51. The molecule has 66 heavy (non-hydrogen) atoms. The van der Waals surface area contributed by atoms with Crippen molar-refractivity contribution in [2.24, 2.45) is 0 Å². The summed E-state index contributed by atoms with van der Waals surface area (Å²) in [4.78, 5) is 46.2. The topological polar surface area (TPSA) is 169 Å². The lowest BCUT2D eigenvalue weighted by Crippen LogP contribution is -2.43. The molecule has 0 aliphatic heterocycles. The summed E-state index contributed by atoms with van der Waals surface area (Å²) in [5.41, 5.74) is 0. The van der Waals surface area contributed by atoms with Crippen molar-refractivity contribution in [2.45, 2.75) is 270 Å². The fourth-order valence-electron chi connectivity index (χ4n) is 7.74. The molecule has 0 aromatic carbocycles. The van der Waals surface area contributed by atoms with Gasteiger partial charge in [0, 0.05) is 12.8 Å². The van der Waals surface area contributed by atoms with Gasteiger partial charge < -0.3 is 25.2 Å². The minimum atomic E-state index is -4.76. The van der Waals surface area contributed by atoms with Gasteiger partial charge in [0.25, 0.3) is 0 Å². The molecular formula is C54H100NO10P. The number of ether oxygens (including phenoxy) is 1. The Bertz CT molecular complexity index is 1260. The number of carboxylic acid groups (broad SMARTS) is 1. The number of aliphatic carboxylic acids is 1. The molecule has 386 valence electrons. The third-order valence-electron chi connectivity index (χ3n) is 11.9. The number of aliphatic hydroxyl groups excluding tert-OH is 1. The molecule has 0 rings (SSSR count). The van der Waals surface area contributed by atoms with Gasteiger partial charge in [0.05, 0.1) is 13.2 Å². The van der Waals surface area contributed by atoms with E-state index >= 15 is 0 Å². The Morgan fingerprint density at radius 2 is 0.833 bits per heavy atom. The first-order chi connectivity index (χ1) is 32.1. The summed E-state index contributed by atoms with van der Waals surface area (Å²) in [6.07, 6.45) is 55.9. The summed E-state index contributed by atoms with van der Waals surface area (Å²) >= 11 is 0. The predicted octanol–water partition coefficient (Wildman–Crippen LogP) is 15.1. The van der Waals surface area contributed by atoms with Crippen LogP contribution in [0.5, 0.6) is 0 Å². The third kappa shape index (κ3) is 48.2. The summed E-state index contributed by atoms with van der Waals surface area (Å²) < 4.78 is 27.0. The maximum absolute atomic E-state index is 12.4. The van der Waals surface area contributed by atoms with Crippen molar-refractivity contribution in [3.63, 3.8) is 0 Å². The van der Waals surface area contributed by atoms with E-state index in [9.17, 15) is 34.1 Å². The summed E-state index contributed by atoms with van der Waals surface area (Å²) in [6.45, 7) is 2.61. The number of hydrogen-bond donors (Lipinski definition) is 4. The molecule has 0 saturated heterocycles. The van der Waals surface area contributed by atoms with Crippen LogP contribution in [0.4, 0.5) is 0 Å². The number of carbonyl (C=O) groups excluding carboxylic acids is 2. The molecule has 0 bridgehead atoms. The van der Waals surface area contributed by atoms with Gasteiger partial charge in [-0.25, -0.2) is 9.36 Å². The highest BCUT2D eigenvalue weighted by Gasteiger charge is 2.28. The van der Waals surface area contributed by atoms with Gasteiger partial charge in [-0.05, 0) is 51.4 Å². The summed E-state index contributed by atoms with van der Waals surface area (Å²) in [5, 5.41) is 22.0. The quantitative estimate of drug-likeness (QED) is 0.0199.